The van der Waals surface area contributed by atoms with Gasteiger partial charge < -0.3 is 10.0 Å². The van der Waals surface area contributed by atoms with Crippen LogP contribution in [0.25, 0.3) is 0 Å². The monoisotopic (exact) mass is 353 g/mol. The second-order valence-corrected chi connectivity index (χ2v) is 8.96. The molecule has 0 aliphatic carbocycles. The molecule has 1 aliphatic heterocycles. The molecule has 1 amide bonds. The van der Waals surface area contributed by atoms with Crippen LogP contribution in [0.2, 0.25) is 0 Å². The van der Waals surface area contributed by atoms with Gasteiger partial charge in [-0.1, -0.05) is 0 Å². The van der Waals surface area contributed by atoms with E-state index in [-0.39, 0.29) is 23.1 Å². The molecular formula is C17H23NO5S. The molecule has 1 fully saturated rings. The van der Waals surface area contributed by atoms with E-state index in [1.807, 2.05) is 0 Å². The van der Waals surface area contributed by atoms with Crippen molar-refractivity contribution in [2.24, 2.45) is 5.92 Å². The molecule has 132 valence electrons. The van der Waals surface area contributed by atoms with Crippen LogP contribution in [0.3, 0.4) is 0 Å². The summed E-state index contributed by atoms with van der Waals surface area (Å²) in [6.45, 7) is 4.30. The molecule has 0 aromatic heterocycles. The molecule has 1 aromatic rings. The highest BCUT2D eigenvalue weighted by Gasteiger charge is 2.25. The fraction of sp³-hybridized carbons (Fsp3) is 0.529. The number of aliphatic carboxylic acids is 1. The third kappa shape index (κ3) is 4.14. The lowest BCUT2D eigenvalue weighted by molar-refractivity contribution is -0.138. The number of amides is 1. The van der Waals surface area contributed by atoms with Crippen molar-refractivity contribution in [3.8, 4) is 0 Å². The highest BCUT2D eigenvalue weighted by atomic mass is 32.2. The molecule has 1 saturated heterocycles. The van der Waals surface area contributed by atoms with Gasteiger partial charge in [0.05, 0.1) is 10.1 Å². The quantitative estimate of drug-likeness (QED) is 0.876. The first-order valence-electron chi connectivity index (χ1n) is 8.07. The number of benzene rings is 1. The number of carbonyl (C=O) groups excluding carboxylic acids is 1. The van der Waals surface area contributed by atoms with Gasteiger partial charge >= 0.3 is 5.97 Å². The Kier molecular flexibility index (Phi) is 5.64. The molecule has 1 N–H and O–H groups in total. The molecule has 1 heterocycles. The minimum absolute atomic E-state index is 0.116. The zero-order valence-corrected chi connectivity index (χ0v) is 14.8. The van der Waals surface area contributed by atoms with Crippen molar-refractivity contribution >= 4 is 21.7 Å². The zero-order valence-electron chi connectivity index (χ0n) is 13.9. The van der Waals surface area contributed by atoms with Crippen LogP contribution in [0.5, 0.6) is 0 Å². The number of rotatable bonds is 5. The summed E-state index contributed by atoms with van der Waals surface area (Å²) in [6.07, 6.45) is 1.50. The molecule has 0 atom stereocenters. The number of sulfone groups is 1. The molecule has 2 rings (SSSR count). The van der Waals surface area contributed by atoms with Crippen LogP contribution in [0, 0.1) is 5.92 Å². The molecule has 6 nitrogen and oxygen atoms in total. The van der Waals surface area contributed by atoms with Crippen molar-refractivity contribution in [2.45, 2.75) is 43.3 Å². The topological polar surface area (TPSA) is 91.8 Å². The molecule has 0 unspecified atom stereocenters. The largest absolute Gasteiger partial charge is 0.481 e. The predicted octanol–water partition coefficient (Wildman–Crippen LogP) is 2.20. The maximum atomic E-state index is 12.5. The van der Waals surface area contributed by atoms with E-state index in [4.69, 9.17) is 5.11 Å². The van der Waals surface area contributed by atoms with Gasteiger partial charge in [-0.25, -0.2) is 8.42 Å². The third-order valence-electron chi connectivity index (χ3n) is 4.42. The number of carbonyl (C=O) groups is 2. The standard InChI is InChI=1S/C17H23NO5S/c1-12(2)24(22,23)15-5-3-14(4-6-15)17(21)18-9-7-13(8-10-18)11-16(19)20/h3-6,12-13H,7-11H2,1-2H3,(H,19,20). The molecule has 0 saturated carbocycles. The average molecular weight is 353 g/mol. The summed E-state index contributed by atoms with van der Waals surface area (Å²) in [5, 5.41) is 8.31. The van der Waals surface area contributed by atoms with Crippen molar-refractivity contribution in [2.75, 3.05) is 13.1 Å². The van der Waals surface area contributed by atoms with Gasteiger partial charge in [-0.3, -0.25) is 9.59 Å². The van der Waals surface area contributed by atoms with Gasteiger partial charge in [-0.2, -0.15) is 0 Å². The Morgan fingerprint density at radius 2 is 1.71 bits per heavy atom. The summed E-state index contributed by atoms with van der Waals surface area (Å²) in [7, 11) is -3.34. The van der Waals surface area contributed by atoms with Gasteiger partial charge in [0.15, 0.2) is 9.84 Å². The second kappa shape index (κ2) is 7.34. The van der Waals surface area contributed by atoms with Crippen LogP contribution >= 0.6 is 0 Å². The van der Waals surface area contributed by atoms with Crippen LogP contribution in [-0.4, -0.2) is 48.6 Å². The van der Waals surface area contributed by atoms with E-state index in [1.165, 1.54) is 12.1 Å². The molecule has 1 aromatic carbocycles. The van der Waals surface area contributed by atoms with Gasteiger partial charge in [0.25, 0.3) is 5.91 Å². The van der Waals surface area contributed by atoms with Crippen LogP contribution in [-0.2, 0) is 14.6 Å². The third-order valence-corrected chi connectivity index (χ3v) is 6.59. The van der Waals surface area contributed by atoms with Gasteiger partial charge in [0, 0.05) is 25.1 Å². The Morgan fingerprint density at radius 3 is 2.17 bits per heavy atom. The lowest BCUT2D eigenvalue weighted by atomic mass is 9.93. The van der Waals surface area contributed by atoms with Crippen molar-refractivity contribution in [1.29, 1.82) is 0 Å². The van der Waals surface area contributed by atoms with Crippen LogP contribution in [0.1, 0.15) is 43.5 Å². The molecule has 0 radical (unpaired) electrons. The minimum Gasteiger partial charge on any atom is -0.481 e. The number of carboxylic acids is 1. The number of likely N-dealkylation sites (tertiary alicyclic amines) is 1. The maximum Gasteiger partial charge on any atom is 0.303 e. The van der Waals surface area contributed by atoms with Crippen molar-refractivity contribution in [3.63, 3.8) is 0 Å². The van der Waals surface area contributed by atoms with Crippen molar-refractivity contribution in [3.05, 3.63) is 29.8 Å². The predicted molar refractivity (Wildman–Crippen MR) is 89.6 cm³/mol. The molecule has 0 bridgehead atoms. The van der Waals surface area contributed by atoms with Crippen molar-refractivity contribution < 1.29 is 23.1 Å². The summed E-state index contributed by atoms with van der Waals surface area (Å²) in [5.74, 6) is -0.830. The average Bonchev–Trinajstić information content (AvgIpc) is 2.54. The molecule has 1 aliphatic rings. The Hall–Kier alpha value is -1.89. The summed E-state index contributed by atoms with van der Waals surface area (Å²) in [4.78, 5) is 25.1. The Balaban J connectivity index is 2.03. The number of piperidine rings is 1. The smallest absolute Gasteiger partial charge is 0.303 e. The van der Waals surface area contributed by atoms with Gasteiger partial charge in [-0.05, 0) is 56.9 Å². The fourth-order valence-electron chi connectivity index (χ4n) is 2.83. The molecule has 7 heteroatoms. The minimum atomic E-state index is -3.34. The number of nitrogens with zero attached hydrogens (tertiary/aromatic N) is 1. The van der Waals surface area contributed by atoms with E-state index < -0.39 is 21.1 Å². The van der Waals surface area contributed by atoms with E-state index in [2.05, 4.69) is 0 Å². The van der Waals surface area contributed by atoms with Crippen LogP contribution < -0.4 is 0 Å². The van der Waals surface area contributed by atoms with E-state index >= 15 is 0 Å². The Labute approximate surface area is 142 Å². The van der Waals surface area contributed by atoms with E-state index in [0.29, 0.717) is 31.5 Å². The lowest BCUT2D eigenvalue weighted by Gasteiger charge is -2.31. The van der Waals surface area contributed by atoms with E-state index in [1.54, 1.807) is 30.9 Å². The van der Waals surface area contributed by atoms with Gasteiger partial charge in [0.2, 0.25) is 0 Å². The highest BCUT2D eigenvalue weighted by molar-refractivity contribution is 7.92. The van der Waals surface area contributed by atoms with Gasteiger partial charge in [-0.15, -0.1) is 0 Å². The van der Waals surface area contributed by atoms with Crippen LogP contribution in [0.4, 0.5) is 0 Å². The fourth-order valence-corrected chi connectivity index (χ4v) is 3.89. The summed E-state index contributed by atoms with van der Waals surface area (Å²) < 4.78 is 24.2. The zero-order chi connectivity index (χ0) is 17.9. The summed E-state index contributed by atoms with van der Waals surface area (Å²) in [6, 6.07) is 6.03. The first-order valence-corrected chi connectivity index (χ1v) is 9.61. The maximum absolute atomic E-state index is 12.5. The molecule has 24 heavy (non-hydrogen) atoms. The molecular weight excluding hydrogens is 330 g/mol. The van der Waals surface area contributed by atoms with Gasteiger partial charge in [0.1, 0.15) is 0 Å². The van der Waals surface area contributed by atoms with E-state index in [9.17, 15) is 18.0 Å². The summed E-state index contributed by atoms with van der Waals surface area (Å²) in [5.41, 5.74) is 0.453. The number of hydrogen-bond donors (Lipinski definition) is 1. The lowest BCUT2D eigenvalue weighted by Crippen LogP contribution is -2.38. The second-order valence-electron chi connectivity index (χ2n) is 6.45. The van der Waals surface area contributed by atoms with E-state index in [0.717, 1.165) is 0 Å². The highest BCUT2D eigenvalue weighted by Crippen LogP contribution is 2.23. The Bertz CT molecular complexity index is 701. The first-order chi connectivity index (χ1) is 11.2. The molecule has 0 spiro atoms. The van der Waals surface area contributed by atoms with Crippen molar-refractivity contribution in [1.82, 2.24) is 4.90 Å². The first kappa shape index (κ1) is 18.4. The number of carboxylic acid groups (broad SMARTS) is 1. The summed E-state index contributed by atoms with van der Waals surface area (Å²) >= 11 is 0. The SMILES string of the molecule is CC(C)S(=O)(=O)c1ccc(C(=O)N2CCC(CC(=O)O)CC2)cc1. The van der Waals surface area contributed by atoms with Crippen LogP contribution in [0.15, 0.2) is 29.2 Å². The Morgan fingerprint density at radius 1 is 1.17 bits per heavy atom. The number of hydrogen-bond acceptors (Lipinski definition) is 4. The normalized spacial score (nSPS) is 16.4.